The van der Waals surface area contributed by atoms with E-state index in [1.807, 2.05) is 30.3 Å². The Kier molecular flexibility index (Phi) is 5.64. The van der Waals surface area contributed by atoms with E-state index in [9.17, 15) is 23.6 Å². The minimum atomic E-state index is -4.28. The molecule has 0 unspecified atom stereocenters. The van der Waals surface area contributed by atoms with Crippen LogP contribution in [-0.4, -0.2) is 25.5 Å². The van der Waals surface area contributed by atoms with Gasteiger partial charge in [0.1, 0.15) is 12.4 Å². The minimum absolute atomic E-state index is 0.155. The lowest BCUT2D eigenvalue weighted by Gasteiger charge is -2.11. The molecule has 0 saturated carbocycles. The maximum Gasteiger partial charge on any atom is 0.491 e. The van der Waals surface area contributed by atoms with E-state index in [4.69, 9.17) is 9.39 Å². The zero-order valence-corrected chi connectivity index (χ0v) is 16.9. The van der Waals surface area contributed by atoms with Crippen LogP contribution in [-0.2, 0) is 27.9 Å². The Morgan fingerprint density at radius 2 is 1.90 bits per heavy atom. The summed E-state index contributed by atoms with van der Waals surface area (Å²) in [6.07, 6.45) is 0. The lowest BCUT2D eigenvalue weighted by molar-refractivity contribution is -0.387. The average Bonchev–Trinajstić information content (AvgIpc) is 3.12. The van der Waals surface area contributed by atoms with Gasteiger partial charge in [-0.3, -0.25) is 14.8 Å². The number of nitrogens with zero attached hydrogens (tertiary/aromatic N) is 1. The van der Waals surface area contributed by atoms with E-state index in [0.717, 1.165) is 23.3 Å². The maximum atomic E-state index is 12.8. The smallest absolute Gasteiger partial charge is 0.489 e. The van der Waals surface area contributed by atoms with Crippen molar-refractivity contribution in [3.63, 3.8) is 0 Å². The van der Waals surface area contributed by atoms with Crippen molar-refractivity contribution in [3.05, 3.63) is 88.0 Å². The predicted molar refractivity (Wildman–Crippen MR) is 114 cm³/mol. The SMILES string of the molecule is O=[N+]([O-])c1cc(OCc2ccccc2)ccc1S(=O)(=O)Nc1ccc2c(c1)B(O)OC2. The summed E-state index contributed by atoms with van der Waals surface area (Å²) >= 11 is 0. The standard InChI is InChI=1S/C20H17BN2O7S/c24-21-18-10-16(7-6-15(18)13-30-21)22-31(27,28)20-9-8-17(11-19(20)23(25)26)29-12-14-4-2-1-3-5-14/h1-11,22,24H,12-13H2. The number of sulfonamides is 1. The Morgan fingerprint density at radius 1 is 1.13 bits per heavy atom. The van der Waals surface area contributed by atoms with Crippen LogP contribution in [0.25, 0.3) is 0 Å². The second-order valence-electron chi connectivity index (χ2n) is 6.84. The van der Waals surface area contributed by atoms with Crippen molar-refractivity contribution in [1.82, 2.24) is 0 Å². The third kappa shape index (κ3) is 4.53. The van der Waals surface area contributed by atoms with Crippen LogP contribution in [0.1, 0.15) is 11.1 Å². The summed E-state index contributed by atoms with van der Waals surface area (Å²) < 4.78 is 38.7. The molecular formula is C20H17BN2O7S. The van der Waals surface area contributed by atoms with E-state index in [1.165, 1.54) is 18.2 Å². The highest BCUT2D eigenvalue weighted by atomic mass is 32.2. The number of nitro groups is 1. The zero-order chi connectivity index (χ0) is 22.0. The van der Waals surface area contributed by atoms with Crippen LogP contribution >= 0.6 is 0 Å². The van der Waals surface area contributed by atoms with Crippen LogP contribution in [0.15, 0.2) is 71.6 Å². The van der Waals surface area contributed by atoms with Crippen LogP contribution in [0.2, 0.25) is 0 Å². The van der Waals surface area contributed by atoms with E-state index < -0.39 is 32.6 Å². The monoisotopic (exact) mass is 440 g/mol. The van der Waals surface area contributed by atoms with Crippen molar-refractivity contribution in [2.45, 2.75) is 18.1 Å². The van der Waals surface area contributed by atoms with Gasteiger partial charge in [0.2, 0.25) is 0 Å². The molecule has 1 aliphatic rings. The fraction of sp³-hybridized carbons (Fsp3) is 0.100. The van der Waals surface area contributed by atoms with E-state index in [2.05, 4.69) is 4.72 Å². The predicted octanol–water partition coefficient (Wildman–Crippen LogP) is 2.19. The highest BCUT2D eigenvalue weighted by molar-refractivity contribution is 7.92. The number of ether oxygens (including phenoxy) is 1. The highest BCUT2D eigenvalue weighted by Gasteiger charge is 2.30. The molecule has 0 fully saturated rings. The molecule has 1 heterocycles. The lowest BCUT2D eigenvalue weighted by Crippen LogP contribution is -2.28. The summed E-state index contributed by atoms with van der Waals surface area (Å²) in [6.45, 7) is 0.404. The number of nitro benzene ring substituents is 1. The number of hydrogen-bond donors (Lipinski definition) is 2. The van der Waals surface area contributed by atoms with Crippen molar-refractivity contribution in [1.29, 1.82) is 0 Å². The quantitative estimate of drug-likeness (QED) is 0.328. The second kappa shape index (κ2) is 8.38. The van der Waals surface area contributed by atoms with Crippen molar-refractivity contribution in [2.75, 3.05) is 4.72 Å². The molecule has 0 spiro atoms. The highest BCUT2D eigenvalue weighted by Crippen LogP contribution is 2.30. The third-order valence-corrected chi connectivity index (χ3v) is 6.15. The van der Waals surface area contributed by atoms with Crippen molar-refractivity contribution in [2.24, 2.45) is 0 Å². The third-order valence-electron chi connectivity index (χ3n) is 4.73. The largest absolute Gasteiger partial charge is 0.491 e. The molecule has 11 heteroatoms. The fourth-order valence-corrected chi connectivity index (χ4v) is 4.39. The fourth-order valence-electron chi connectivity index (χ4n) is 3.19. The molecular weight excluding hydrogens is 423 g/mol. The summed E-state index contributed by atoms with van der Waals surface area (Å²) in [5, 5.41) is 21.4. The van der Waals surface area contributed by atoms with Crippen LogP contribution in [0, 0.1) is 10.1 Å². The summed E-state index contributed by atoms with van der Waals surface area (Å²) in [5.74, 6) is 0.173. The molecule has 3 aromatic carbocycles. The van der Waals surface area contributed by atoms with E-state index in [-0.39, 0.29) is 24.7 Å². The Balaban J connectivity index is 1.58. The van der Waals surface area contributed by atoms with Gasteiger partial charge in [-0.1, -0.05) is 36.4 Å². The lowest BCUT2D eigenvalue weighted by atomic mass is 9.79. The Morgan fingerprint density at radius 3 is 2.65 bits per heavy atom. The molecule has 0 radical (unpaired) electrons. The first-order valence-corrected chi connectivity index (χ1v) is 10.7. The summed E-state index contributed by atoms with van der Waals surface area (Å²) in [4.78, 5) is 10.3. The van der Waals surface area contributed by atoms with Crippen LogP contribution in [0.3, 0.4) is 0 Å². The molecule has 0 atom stereocenters. The van der Waals surface area contributed by atoms with Crippen molar-refractivity contribution < 1.29 is 27.8 Å². The molecule has 0 bridgehead atoms. The Labute approximate surface area is 178 Å². The first kappa shape index (κ1) is 20.9. The molecule has 4 rings (SSSR count). The Bertz CT molecular complexity index is 1240. The maximum absolute atomic E-state index is 12.8. The molecule has 2 N–H and O–H groups in total. The van der Waals surface area contributed by atoms with Gasteiger partial charge in [-0.25, -0.2) is 8.42 Å². The Hall–Kier alpha value is -3.41. The number of anilines is 1. The van der Waals surface area contributed by atoms with Crippen LogP contribution < -0.4 is 14.9 Å². The van der Waals surface area contributed by atoms with Gasteiger partial charge in [-0.2, -0.15) is 0 Å². The van der Waals surface area contributed by atoms with Crippen LogP contribution in [0.5, 0.6) is 5.75 Å². The number of benzene rings is 3. The number of hydrogen-bond acceptors (Lipinski definition) is 7. The number of nitrogens with one attached hydrogen (secondary N) is 1. The second-order valence-corrected chi connectivity index (χ2v) is 8.49. The van der Waals surface area contributed by atoms with Gasteiger partial charge in [0.05, 0.1) is 17.6 Å². The zero-order valence-electron chi connectivity index (χ0n) is 16.1. The molecule has 0 aliphatic carbocycles. The van der Waals surface area contributed by atoms with E-state index >= 15 is 0 Å². The molecule has 1 aliphatic heterocycles. The molecule has 9 nitrogen and oxygen atoms in total. The van der Waals surface area contributed by atoms with Crippen molar-refractivity contribution in [3.8, 4) is 5.75 Å². The van der Waals surface area contributed by atoms with E-state index in [1.54, 1.807) is 6.07 Å². The van der Waals surface area contributed by atoms with Gasteiger partial charge in [-0.15, -0.1) is 0 Å². The first-order chi connectivity index (χ1) is 14.8. The molecule has 158 valence electrons. The summed E-state index contributed by atoms with van der Waals surface area (Å²) in [7, 11) is -5.42. The summed E-state index contributed by atoms with van der Waals surface area (Å²) in [6, 6.07) is 17.4. The topological polar surface area (TPSA) is 128 Å². The minimum Gasteiger partial charge on any atom is -0.489 e. The average molecular weight is 440 g/mol. The van der Waals surface area contributed by atoms with Gasteiger partial charge in [-0.05, 0) is 40.9 Å². The number of fused-ring (bicyclic) bond motifs is 1. The molecule has 0 saturated heterocycles. The first-order valence-electron chi connectivity index (χ1n) is 9.24. The molecule has 31 heavy (non-hydrogen) atoms. The van der Waals surface area contributed by atoms with Gasteiger partial charge >= 0.3 is 7.12 Å². The number of rotatable bonds is 7. The normalized spacial score (nSPS) is 13.0. The van der Waals surface area contributed by atoms with E-state index in [0.29, 0.717) is 5.46 Å². The molecule has 3 aromatic rings. The van der Waals surface area contributed by atoms with Gasteiger partial charge in [0.15, 0.2) is 4.90 Å². The van der Waals surface area contributed by atoms with Gasteiger partial charge in [0.25, 0.3) is 15.7 Å². The summed E-state index contributed by atoms with van der Waals surface area (Å²) in [5.41, 5.74) is 1.59. The van der Waals surface area contributed by atoms with Gasteiger partial charge < -0.3 is 14.4 Å². The van der Waals surface area contributed by atoms with Gasteiger partial charge in [0, 0.05) is 5.69 Å². The molecule has 0 aromatic heterocycles. The van der Waals surface area contributed by atoms with Crippen LogP contribution in [0.4, 0.5) is 11.4 Å². The van der Waals surface area contributed by atoms with Crippen molar-refractivity contribution >= 4 is 34.0 Å². The molecule has 0 amide bonds.